The molecule has 0 spiro atoms. The molecule has 2 aromatic carbocycles. The Hall–Kier alpha value is -3.90. The summed E-state index contributed by atoms with van der Waals surface area (Å²) in [5, 5.41) is 8.18. The number of anilines is 1. The average Bonchev–Trinajstić information content (AvgIpc) is 3.45. The number of hydrogen-bond acceptors (Lipinski definition) is 5. The number of nitrogens with zero attached hydrogens (tertiary/aromatic N) is 4. The first-order chi connectivity index (χ1) is 20.0. The van der Waals surface area contributed by atoms with Crippen LogP contribution < -0.4 is 4.90 Å². The van der Waals surface area contributed by atoms with Crippen LogP contribution in [0.25, 0.3) is 10.9 Å². The van der Waals surface area contributed by atoms with Gasteiger partial charge in [0, 0.05) is 68.8 Å². The zero-order valence-corrected chi connectivity index (χ0v) is 23.5. The SMILES string of the molecule is CN1CCN(CC2CCN(C(=O)CN(C(=O)c3ccc4cc[nH]c4c3)c3ccccc3)CC2)CC1.O=C(O)C(F)(F)F. The van der Waals surface area contributed by atoms with Crippen LogP contribution >= 0.6 is 0 Å². The van der Waals surface area contributed by atoms with Gasteiger partial charge in [0.2, 0.25) is 5.91 Å². The van der Waals surface area contributed by atoms with Crippen LogP contribution in [0, 0.1) is 5.92 Å². The third kappa shape index (κ3) is 8.32. The van der Waals surface area contributed by atoms with E-state index in [-0.39, 0.29) is 18.4 Å². The number of fused-ring (bicyclic) bond motifs is 1. The number of H-pyrrole nitrogens is 1. The number of aliphatic carboxylic acids is 1. The number of halogens is 3. The number of carboxylic acid groups (broad SMARTS) is 1. The molecule has 2 fully saturated rings. The van der Waals surface area contributed by atoms with Crippen LogP contribution in [0.2, 0.25) is 0 Å². The molecule has 12 heteroatoms. The molecule has 0 atom stereocenters. The molecule has 2 N–H and O–H groups in total. The molecule has 3 heterocycles. The van der Waals surface area contributed by atoms with Gasteiger partial charge < -0.3 is 24.8 Å². The van der Waals surface area contributed by atoms with Gasteiger partial charge in [-0.25, -0.2) is 4.79 Å². The molecule has 0 saturated carbocycles. The number of carbonyl (C=O) groups is 3. The normalized spacial score (nSPS) is 17.0. The lowest BCUT2D eigenvalue weighted by atomic mass is 9.95. The fourth-order valence-corrected chi connectivity index (χ4v) is 5.22. The number of carboxylic acids is 1. The number of likely N-dealkylation sites (tertiary alicyclic amines) is 1. The number of aromatic amines is 1. The number of alkyl halides is 3. The number of benzene rings is 2. The second-order valence-corrected chi connectivity index (χ2v) is 10.7. The van der Waals surface area contributed by atoms with E-state index in [9.17, 15) is 22.8 Å². The van der Waals surface area contributed by atoms with Crippen molar-refractivity contribution in [1.82, 2.24) is 19.7 Å². The summed E-state index contributed by atoms with van der Waals surface area (Å²) in [7, 11) is 2.18. The summed E-state index contributed by atoms with van der Waals surface area (Å²) in [6.45, 7) is 7.26. The minimum Gasteiger partial charge on any atom is -0.475 e. The van der Waals surface area contributed by atoms with Gasteiger partial charge in [-0.1, -0.05) is 24.3 Å². The molecular formula is C30H36F3N5O4. The summed E-state index contributed by atoms with van der Waals surface area (Å²) >= 11 is 0. The van der Waals surface area contributed by atoms with E-state index in [4.69, 9.17) is 9.90 Å². The molecule has 1 aromatic heterocycles. The fourth-order valence-electron chi connectivity index (χ4n) is 5.22. The van der Waals surface area contributed by atoms with Crippen LogP contribution in [0.15, 0.2) is 60.8 Å². The summed E-state index contributed by atoms with van der Waals surface area (Å²) < 4.78 is 31.7. The van der Waals surface area contributed by atoms with Crippen molar-refractivity contribution in [1.29, 1.82) is 0 Å². The zero-order chi connectivity index (χ0) is 30.3. The Morgan fingerprint density at radius 2 is 1.60 bits per heavy atom. The molecule has 2 saturated heterocycles. The van der Waals surface area contributed by atoms with Crippen molar-refractivity contribution in [3.63, 3.8) is 0 Å². The summed E-state index contributed by atoms with van der Waals surface area (Å²) in [4.78, 5) is 47.5. The number of likely N-dealkylation sites (N-methyl/N-ethyl adjacent to an activating group) is 1. The molecule has 2 aliphatic heterocycles. The highest BCUT2D eigenvalue weighted by molar-refractivity contribution is 6.10. The van der Waals surface area contributed by atoms with Crippen LogP contribution in [0.1, 0.15) is 23.2 Å². The minimum absolute atomic E-state index is 0.0150. The maximum absolute atomic E-state index is 13.6. The van der Waals surface area contributed by atoms with E-state index in [1.165, 1.54) is 0 Å². The maximum Gasteiger partial charge on any atom is 0.490 e. The van der Waals surface area contributed by atoms with E-state index in [0.29, 0.717) is 11.5 Å². The molecule has 0 aliphatic carbocycles. The number of para-hydroxylation sites is 1. The predicted molar refractivity (Wildman–Crippen MR) is 153 cm³/mol. The van der Waals surface area contributed by atoms with Crippen molar-refractivity contribution in [2.24, 2.45) is 5.92 Å². The third-order valence-electron chi connectivity index (χ3n) is 7.73. The summed E-state index contributed by atoms with van der Waals surface area (Å²) in [6.07, 6.45) is -1.16. The Balaban J connectivity index is 0.000000517. The average molecular weight is 588 g/mol. The summed E-state index contributed by atoms with van der Waals surface area (Å²) in [5.74, 6) is -2.26. The highest BCUT2D eigenvalue weighted by Gasteiger charge is 2.38. The number of hydrogen-bond donors (Lipinski definition) is 2. The van der Waals surface area contributed by atoms with E-state index in [1.807, 2.05) is 65.7 Å². The molecule has 3 aromatic rings. The smallest absolute Gasteiger partial charge is 0.475 e. The molecule has 2 aliphatic rings. The molecule has 2 amide bonds. The number of rotatable bonds is 6. The van der Waals surface area contributed by atoms with Crippen LogP contribution in [0.3, 0.4) is 0 Å². The van der Waals surface area contributed by atoms with E-state index in [2.05, 4.69) is 21.8 Å². The van der Waals surface area contributed by atoms with Crippen molar-refractivity contribution < 1.29 is 32.7 Å². The van der Waals surface area contributed by atoms with E-state index < -0.39 is 12.1 Å². The van der Waals surface area contributed by atoms with Crippen LogP contribution in [-0.2, 0) is 9.59 Å². The van der Waals surface area contributed by atoms with Gasteiger partial charge in [-0.15, -0.1) is 0 Å². The van der Waals surface area contributed by atoms with E-state index in [1.54, 1.807) is 4.90 Å². The number of carbonyl (C=O) groups excluding carboxylic acids is 2. The Morgan fingerprint density at radius 1 is 0.952 bits per heavy atom. The topological polar surface area (TPSA) is 100 Å². The van der Waals surface area contributed by atoms with Gasteiger partial charge in [0.05, 0.1) is 0 Å². The number of amides is 2. The van der Waals surface area contributed by atoms with Gasteiger partial charge in [-0.2, -0.15) is 13.2 Å². The lowest BCUT2D eigenvalue weighted by Gasteiger charge is -2.38. The first kappa shape index (κ1) is 31.0. The Morgan fingerprint density at radius 3 is 2.21 bits per heavy atom. The highest BCUT2D eigenvalue weighted by Crippen LogP contribution is 2.23. The van der Waals surface area contributed by atoms with Gasteiger partial charge in [0.1, 0.15) is 6.54 Å². The van der Waals surface area contributed by atoms with Crippen LogP contribution in [-0.4, -0.2) is 108 Å². The number of piperidine rings is 1. The summed E-state index contributed by atoms with van der Waals surface area (Å²) in [6, 6.07) is 17.1. The molecular weight excluding hydrogens is 551 g/mol. The number of piperazine rings is 1. The standard InChI is InChI=1S/C28H35N5O2.C2HF3O2/c1-30-15-17-31(18-16-30)20-22-10-13-32(14-11-22)27(34)21-33(25-5-3-2-4-6-25)28(35)24-8-7-23-9-12-29-26(23)19-24;3-2(4,5)1(6)7/h2-9,12,19,22,29H,10-11,13-18,20-21H2,1H3;(H,6,7). The monoisotopic (exact) mass is 587 g/mol. The number of aromatic nitrogens is 1. The Labute approximate surface area is 242 Å². The largest absolute Gasteiger partial charge is 0.490 e. The van der Waals surface area contributed by atoms with Gasteiger partial charge in [0.25, 0.3) is 5.91 Å². The number of nitrogens with one attached hydrogen (secondary N) is 1. The van der Waals surface area contributed by atoms with Crippen LogP contribution in [0.5, 0.6) is 0 Å². The van der Waals surface area contributed by atoms with Crippen LogP contribution in [0.4, 0.5) is 18.9 Å². The molecule has 42 heavy (non-hydrogen) atoms. The van der Waals surface area contributed by atoms with Crippen molar-refractivity contribution in [2.75, 3.05) is 64.3 Å². The predicted octanol–water partition coefficient (Wildman–Crippen LogP) is 3.93. The van der Waals surface area contributed by atoms with Gasteiger partial charge >= 0.3 is 12.1 Å². The highest BCUT2D eigenvalue weighted by atomic mass is 19.4. The minimum atomic E-state index is -5.08. The lowest BCUT2D eigenvalue weighted by molar-refractivity contribution is -0.192. The first-order valence-corrected chi connectivity index (χ1v) is 13.9. The Kier molecular flexibility index (Phi) is 10.2. The van der Waals surface area contributed by atoms with Gasteiger partial charge in [-0.3, -0.25) is 14.5 Å². The van der Waals surface area contributed by atoms with Gasteiger partial charge in [0.15, 0.2) is 0 Å². The van der Waals surface area contributed by atoms with E-state index in [0.717, 1.165) is 75.2 Å². The van der Waals surface area contributed by atoms with Crippen molar-refractivity contribution in [3.05, 3.63) is 66.4 Å². The maximum atomic E-state index is 13.6. The van der Waals surface area contributed by atoms with E-state index >= 15 is 0 Å². The molecule has 226 valence electrons. The molecule has 0 unspecified atom stereocenters. The molecule has 9 nitrogen and oxygen atoms in total. The van der Waals surface area contributed by atoms with Crippen molar-refractivity contribution in [2.45, 2.75) is 19.0 Å². The van der Waals surface area contributed by atoms with Crippen molar-refractivity contribution >= 4 is 34.4 Å². The van der Waals surface area contributed by atoms with Gasteiger partial charge in [-0.05, 0) is 61.5 Å². The van der Waals surface area contributed by atoms with Crippen molar-refractivity contribution in [3.8, 4) is 0 Å². The zero-order valence-electron chi connectivity index (χ0n) is 23.5. The Bertz CT molecular complexity index is 1350. The molecule has 0 bridgehead atoms. The molecule has 5 rings (SSSR count). The fraction of sp³-hybridized carbons (Fsp3) is 0.433. The summed E-state index contributed by atoms with van der Waals surface area (Å²) in [5.41, 5.74) is 2.22. The molecule has 0 radical (unpaired) electrons. The third-order valence-corrected chi connectivity index (χ3v) is 7.73. The second kappa shape index (κ2) is 13.8. The lowest BCUT2D eigenvalue weighted by Crippen LogP contribution is -2.49. The first-order valence-electron chi connectivity index (χ1n) is 13.9. The quantitative estimate of drug-likeness (QED) is 0.454. The second-order valence-electron chi connectivity index (χ2n) is 10.7.